The molecule has 0 aliphatic heterocycles. The topological polar surface area (TPSA) is 18.5 Å². The van der Waals surface area contributed by atoms with Gasteiger partial charge in [0.05, 0.1) is 0 Å². The summed E-state index contributed by atoms with van der Waals surface area (Å²) in [6, 6.07) is 1.88. The Morgan fingerprint density at radius 3 is 1.76 bits per heavy atom. The van der Waals surface area contributed by atoms with Crippen molar-refractivity contribution in [2.24, 2.45) is 0 Å². The minimum Gasteiger partial charge on any atom is -0.391 e. The number of benzene rings is 1. The molecule has 0 bridgehead atoms. The average Bonchev–Trinajstić information content (AvgIpc) is 2.26. The molecule has 0 spiro atoms. The third-order valence-electron chi connectivity index (χ3n) is 2.35. The van der Waals surface area contributed by atoms with Crippen molar-refractivity contribution in [2.75, 3.05) is 13.2 Å². The zero-order valence-corrected chi connectivity index (χ0v) is 11.0. The summed E-state index contributed by atoms with van der Waals surface area (Å²) in [4.78, 5) is 0. The SMILES string of the molecule is CCO[Si](C)(OCC)c1cc(F)c(F)c(F)c1. The van der Waals surface area contributed by atoms with Gasteiger partial charge in [-0.1, -0.05) is 0 Å². The molecule has 0 saturated carbocycles. The van der Waals surface area contributed by atoms with Gasteiger partial charge in [-0.05, 0) is 37.7 Å². The molecule has 96 valence electrons. The maximum Gasteiger partial charge on any atom is 0.369 e. The Morgan fingerprint density at radius 1 is 1.00 bits per heavy atom. The van der Waals surface area contributed by atoms with E-state index in [-0.39, 0.29) is 5.19 Å². The van der Waals surface area contributed by atoms with E-state index in [4.69, 9.17) is 8.85 Å². The van der Waals surface area contributed by atoms with Crippen LogP contribution in [0.1, 0.15) is 13.8 Å². The summed E-state index contributed by atoms with van der Waals surface area (Å²) >= 11 is 0. The molecule has 1 aromatic rings. The van der Waals surface area contributed by atoms with E-state index in [1.807, 2.05) is 0 Å². The fraction of sp³-hybridized carbons (Fsp3) is 0.455. The summed E-state index contributed by atoms with van der Waals surface area (Å²) in [5, 5.41) is 0.248. The van der Waals surface area contributed by atoms with Gasteiger partial charge in [-0.25, -0.2) is 13.2 Å². The van der Waals surface area contributed by atoms with Gasteiger partial charge in [0.25, 0.3) is 0 Å². The lowest BCUT2D eigenvalue weighted by Gasteiger charge is -2.26. The van der Waals surface area contributed by atoms with E-state index < -0.39 is 26.0 Å². The molecule has 0 aliphatic rings. The zero-order valence-electron chi connectivity index (χ0n) is 10.0. The Labute approximate surface area is 99.6 Å². The minimum atomic E-state index is -2.86. The highest BCUT2D eigenvalue weighted by atomic mass is 28.4. The maximum absolute atomic E-state index is 13.1. The van der Waals surface area contributed by atoms with Crippen molar-refractivity contribution in [1.82, 2.24) is 0 Å². The fourth-order valence-electron chi connectivity index (χ4n) is 1.58. The van der Waals surface area contributed by atoms with Gasteiger partial charge < -0.3 is 8.85 Å². The highest BCUT2D eigenvalue weighted by molar-refractivity contribution is 6.79. The Bertz CT molecular complexity index is 369. The number of hydrogen-bond acceptors (Lipinski definition) is 2. The Kier molecular flexibility index (Phi) is 4.73. The van der Waals surface area contributed by atoms with Crippen molar-refractivity contribution >= 4 is 13.7 Å². The van der Waals surface area contributed by atoms with E-state index in [2.05, 4.69) is 0 Å². The normalized spacial score (nSPS) is 11.9. The van der Waals surface area contributed by atoms with Crippen LogP contribution in [-0.4, -0.2) is 21.8 Å². The van der Waals surface area contributed by atoms with Crippen molar-refractivity contribution < 1.29 is 22.0 Å². The smallest absolute Gasteiger partial charge is 0.369 e. The van der Waals surface area contributed by atoms with Crippen molar-refractivity contribution in [1.29, 1.82) is 0 Å². The van der Waals surface area contributed by atoms with Crippen LogP contribution in [0.15, 0.2) is 12.1 Å². The van der Waals surface area contributed by atoms with Crippen molar-refractivity contribution in [3.05, 3.63) is 29.6 Å². The molecular weight excluding hydrogens is 249 g/mol. The van der Waals surface area contributed by atoms with E-state index in [0.717, 1.165) is 12.1 Å². The Balaban J connectivity index is 3.19. The maximum atomic E-state index is 13.1. The van der Waals surface area contributed by atoms with Gasteiger partial charge in [0.15, 0.2) is 17.5 Å². The second kappa shape index (κ2) is 5.66. The van der Waals surface area contributed by atoms with Crippen LogP contribution in [0, 0.1) is 17.5 Å². The van der Waals surface area contributed by atoms with E-state index in [1.165, 1.54) is 0 Å². The molecule has 0 radical (unpaired) electrons. The molecule has 0 N–H and O–H groups in total. The average molecular weight is 264 g/mol. The molecule has 1 rings (SSSR count). The van der Waals surface area contributed by atoms with E-state index in [0.29, 0.717) is 13.2 Å². The molecule has 0 heterocycles. The Morgan fingerprint density at radius 2 is 1.41 bits per heavy atom. The first-order valence-electron chi connectivity index (χ1n) is 5.37. The molecule has 0 atom stereocenters. The Hall–Kier alpha value is -0.853. The summed E-state index contributed by atoms with van der Waals surface area (Å²) in [6.45, 7) is 5.93. The second-order valence-electron chi connectivity index (χ2n) is 3.57. The highest BCUT2D eigenvalue weighted by Crippen LogP contribution is 2.14. The molecule has 2 nitrogen and oxygen atoms in total. The monoisotopic (exact) mass is 264 g/mol. The number of hydrogen-bond donors (Lipinski definition) is 0. The molecule has 0 aromatic heterocycles. The standard InChI is InChI=1S/C11H15F3O2Si/c1-4-15-17(3,16-5-2)8-6-9(12)11(14)10(13)7-8/h6-7H,4-5H2,1-3H3. The predicted octanol–water partition coefficient (Wildman–Crippen LogP) is 2.46. The lowest BCUT2D eigenvalue weighted by atomic mass is 10.3. The summed E-state index contributed by atoms with van der Waals surface area (Å²) in [7, 11) is -2.86. The summed E-state index contributed by atoms with van der Waals surface area (Å²) in [6.07, 6.45) is 0. The van der Waals surface area contributed by atoms with Crippen LogP contribution in [0.2, 0.25) is 6.55 Å². The molecule has 0 unspecified atom stereocenters. The molecule has 0 fully saturated rings. The van der Waals surface area contributed by atoms with Gasteiger partial charge in [0, 0.05) is 13.2 Å². The summed E-state index contributed by atoms with van der Waals surface area (Å²) < 4.78 is 50.1. The third-order valence-corrected chi connectivity index (χ3v) is 5.36. The zero-order chi connectivity index (χ0) is 13.1. The summed E-state index contributed by atoms with van der Waals surface area (Å²) in [5.41, 5.74) is 0. The van der Waals surface area contributed by atoms with Gasteiger partial charge in [-0.15, -0.1) is 0 Å². The van der Waals surface area contributed by atoms with Crippen LogP contribution >= 0.6 is 0 Å². The van der Waals surface area contributed by atoms with Gasteiger partial charge in [-0.3, -0.25) is 0 Å². The van der Waals surface area contributed by atoms with E-state index >= 15 is 0 Å². The summed E-state index contributed by atoms with van der Waals surface area (Å²) in [5.74, 6) is -3.92. The van der Waals surface area contributed by atoms with Crippen LogP contribution in [0.4, 0.5) is 13.2 Å². The first-order chi connectivity index (χ1) is 7.94. The first-order valence-corrected chi connectivity index (χ1v) is 7.69. The van der Waals surface area contributed by atoms with E-state index in [9.17, 15) is 13.2 Å². The van der Waals surface area contributed by atoms with Crippen molar-refractivity contribution in [3.8, 4) is 0 Å². The van der Waals surface area contributed by atoms with Gasteiger partial charge >= 0.3 is 8.56 Å². The van der Waals surface area contributed by atoms with Crippen LogP contribution in [0.25, 0.3) is 0 Å². The predicted molar refractivity (Wildman–Crippen MR) is 60.8 cm³/mol. The minimum absolute atomic E-state index is 0.248. The van der Waals surface area contributed by atoms with E-state index in [1.54, 1.807) is 20.4 Å². The fourth-order valence-corrected chi connectivity index (χ4v) is 3.87. The van der Waals surface area contributed by atoms with Crippen LogP contribution in [0.5, 0.6) is 0 Å². The molecular formula is C11H15F3O2Si. The van der Waals surface area contributed by atoms with Crippen LogP contribution < -0.4 is 5.19 Å². The largest absolute Gasteiger partial charge is 0.391 e. The third kappa shape index (κ3) is 3.08. The quantitative estimate of drug-likeness (QED) is 0.601. The van der Waals surface area contributed by atoms with Crippen LogP contribution in [-0.2, 0) is 8.85 Å². The lowest BCUT2D eigenvalue weighted by molar-refractivity contribution is 0.202. The first kappa shape index (κ1) is 14.2. The van der Waals surface area contributed by atoms with Crippen molar-refractivity contribution in [3.63, 3.8) is 0 Å². The molecule has 1 aromatic carbocycles. The molecule has 0 saturated heterocycles. The highest BCUT2D eigenvalue weighted by Gasteiger charge is 2.35. The van der Waals surface area contributed by atoms with Crippen molar-refractivity contribution in [2.45, 2.75) is 20.4 Å². The molecule has 0 amide bonds. The van der Waals surface area contributed by atoms with Crippen LogP contribution in [0.3, 0.4) is 0 Å². The molecule has 0 aliphatic carbocycles. The second-order valence-corrected chi connectivity index (χ2v) is 6.61. The number of rotatable bonds is 5. The van der Waals surface area contributed by atoms with Gasteiger partial charge in [0.2, 0.25) is 0 Å². The molecule has 6 heteroatoms. The lowest BCUT2D eigenvalue weighted by Crippen LogP contribution is -2.51. The number of halogens is 3. The van der Waals surface area contributed by atoms with Gasteiger partial charge in [0.1, 0.15) is 0 Å². The molecule has 17 heavy (non-hydrogen) atoms. The van der Waals surface area contributed by atoms with Gasteiger partial charge in [-0.2, -0.15) is 0 Å².